The summed E-state index contributed by atoms with van der Waals surface area (Å²) < 4.78 is 27.2. The van der Waals surface area contributed by atoms with E-state index in [9.17, 15) is 18.4 Å². The van der Waals surface area contributed by atoms with Crippen LogP contribution in [0.4, 0.5) is 20.2 Å². The zero-order chi connectivity index (χ0) is 17.3. The van der Waals surface area contributed by atoms with Crippen LogP contribution in [0.25, 0.3) is 0 Å². The lowest BCUT2D eigenvalue weighted by Gasteiger charge is -2.17. The molecular weight excluding hydrogens is 314 g/mol. The second kappa shape index (κ2) is 6.39. The number of carbonyl (C=O) groups excluding carboxylic acids is 2. The second-order valence-electron chi connectivity index (χ2n) is 5.81. The number of hydrogen-bond acceptors (Lipinski definition) is 2. The summed E-state index contributed by atoms with van der Waals surface area (Å²) in [7, 11) is 0. The van der Waals surface area contributed by atoms with Gasteiger partial charge in [-0.3, -0.25) is 9.59 Å². The Hall–Kier alpha value is -2.76. The van der Waals surface area contributed by atoms with Crippen molar-refractivity contribution in [3.05, 3.63) is 59.7 Å². The van der Waals surface area contributed by atoms with Gasteiger partial charge in [0, 0.05) is 18.7 Å². The van der Waals surface area contributed by atoms with Crippen LogP contribution in [0.5, 0.6) is 0 Å². The molecule has 0 spiro atoms. The van der Waals surface area contributed by atoms with E-state index in [1.54, 1.807) is 19.1 Å². The van der Waals surface area contributed by atoms with Crippen molar-refractivity contribution < 1.29 is 18.4 Å². The molecule has 2 aromatic rings. The number of rotatable bonds is 3. The summed E-state index contributed by atoms with van der Waals surface area (Å²) in [5.41, 5.74) is 1.26. The third kappa shape index (κ3) is 3.13. The SMILES string of the molecule is Cc1ccc(F)cc1NC(=O)[C@H]1CC(=O)N(c2ccccc2F)C1. The van der Waals surface area contributed by atoms with E-state index in [2.05, 4.69) is 5.32 Å². The Labute approximate surface area is 138 Å². The van der Waals surface area contributed by atoms with Gasteiger partial charge in [0.1, 0.15) is 11.6 Å². The summed E-state index contributed by atoms with van der Waals surface area (Å²) in [6.45, 7) is 1.85. The third-order valence-corrected chi connectivity index (χ3v) is 4.10. The fourth-order valence-electron chi connectivity index (χ4n) is 2.75. The first-order valence-electron chi connectivity index (χ1n) is 7.57. The Morgan fingerprint density at radius 3 is 2.71 bits per heavy atom. The highest BCUT2D eigenvalue weighted by molar-refractivity contribution is 6.03. The number of amides is 2. The van der Waals surface area contributed by atoms with Crippen molar-refractivity contribution in [2.24, 2.45) is 5.92 Å². The number of para-hydroxylation sites is 1. The maximum atomic E-state index is 13.9. The molecule has 124 valence electrons. The molecule has 1 heterocycles. The third-order valence-electron chi connectivity index (χ3n) is 4.10. The maximum absolute atomic E-state index is 13.9. The van der Waals surface area contributed by atoms with Crippen molar-refractivity contribution in [2.45, 2.75) is 13.3 Å². The van der Waals surface area contributed by atoms with Crippen LogP contribution in [0.2, 0.25) is 0 Å². The van der Waals surface area contributed by atoms with Gasteiger partial charge in [-0.1, -0.05) is 18.2 Å². The highest BCUT2D eigenvalue weighted by atomic mass is 19.1. The van der Waals surface area contributed by atoms with E-state index in [0.717, 1.165) is 5.56 Å². The Morgan fingerprint density at radius 1 is 1.21 bits per heavy atom. The normalized spacial score (nSPS) is 17.2. The quantitative estimate of drug-likeness (QED) is 0.939. The van der Waals surface area contributed by atoms with Crippen LogP contribution >= 0.6 is 0 Å². The molecule has 24 heavy (non-hydrogen) atoms. The standard InChI is InChI=1S/C18H16F2N2O2/c1-11-6-7-13(19)9-15(11)21-18(24)12-8-17(23)22(10-12)16-5-3-2-4-14(16)20/h2-7,9,12H,8,10H2,1H3,(H,21,24)/t12-/m0/s1. The number of halogens is 2. The van der Waals surface area contributed by atoms with Gasteiger partial charge in [-0.25, -0.2) is 8.78 Å². The van der Waals surface area contributed by atoms with Crippen LogP contribution in [0.15, 0.2) is 42.5 Å². The van der Waals surface area contributed by atoms with Gasteiger partial charge < -0.3 is 10.2 Å². The van der Waals surface area contributed by atoms with E-state index in [4.69, 9.17) is 0 Å². The van der Waals surface area contributed by atoms with Crippen LogP contribution in [-0.2, 0) is 9.59 Å². The summed E-state index contributed by atoms with van der Waals surface area (Å²) >= 11 is 0. The molecule has 0 aromatic heterocycles. The van der Waals surface area contributed by atoms with Crippen LogP contribution in [0.1, 0.15) is 12.0 Å². The maximum Gasteiger partial charge on any atom is 0.229 e. The number of nitrogens with one attached hydrogen (secondary N) is 1. The lowest BCUT2D eigenvalue weighted by molar-refractivity contribution is -0.122. The molecule has 2 aromatic carbocycles. The smallest absolute Gasteiger partial charge is 0.229 e. The molecule has 1 fully saturated rings. The zero-order valence-corrected chi connectivity index (χ0v) is 13.1. The van der Waals surface area contributed by atoms with Crippen molar-refractivity contribution in [2.75, 3.05) is 16.8 Å². The van der Waals surface area contributed by atoms with Crippen molar-refractivity contribution in [1.29, 1.82) is 0 Å². The lowest BCUT2D eigenvalue weighted by Crippen LogP contribution is -2.28. The van der Waals surface area contributed by atoms with Gasteiger partial charge in [-0.2, -0.15) is 0 Å². The zero-order valence-electron chi connectivity index (χ0n) is 13.1. The molecule has 3 rings (SSSR count). The van der Waals surface area contributed by atoms with Crippen molar-refractivity contribution >= 4 is 23.2 Å². The largest absolute Gasteiger partial charge is 0.325 e. The number of nitrogens with zero attached hydrogens (tertiary/aromatic N) is 1. The van der Waals surface area contributed by atoms with Crippen molar-refractivity contribution in [3.8, 4) is 0 Å². The van der Waals surface area contributed by atoms with Crippen LogP contribution in [0.3, 0.4) is 0 Å². The molecule has 0 saturated carbocycles. The van der Waals surface area contributed by atoms with Crippen molar-refractivity contribution in [3.63, 3.8) is 0 Å². The van der Waals surface area contributed by atoms with Crippen molar-refractivity contribution in [1.82, 2.24) is 0 Å². The fourth-order valence-corrected chi connectivity index (χ4v) is 2.75. The first-order chi connectivity index (χ1) is 11.5. The summed E-state index contributed by atoms with van der Waals surface area (Å²) in [6.07, 6.45) is -0.00543. The lowest BCUT2D eigenvalue weighted by atomic mass is 10.1. The van der Waals surface area contributed by atoms with Gasteiger partial charge in [-0.05, 0) is 36.8 Å². The summed E-state index contributed by atoms with van der Waals surface area (Å²) in [4.78, 5) is 25.8. The predicted molar refractivity (Wildman–Crippen MR) is 86.6 cm³/mol. The van der Waals surface area contributed by atoms with Crippen LogP contribution < -0.4 is 10.2 Å². The Balaban J connectivity index is 1.75. The molecule has 0 unspecified atom stereocenters. The highest BCUT2D eigenvalue weighted by Gasteiger charge is 2.36. The average Bonchev–Trinajstić information content (AvgIpc) is 2.93. The topological polar surface area (TPSA) is 49.4 Å². The molecule has 1 aliphatic heterocycles. The fraction of sp³-hybridized carbons (Fsp3) is 0.222. The highest BCUT2D eigenvalue weighted by Crippen LogP contribution is 2.28. The molecule has 1 aliphatic rings. The molecule has 1 N–H and O–H groups in total. The first kappa shape index (κ1) is 16.1. The molecule has 1 atom stereocenters. The molecule has 0 aliphatic carbocycles. The molecule has 0 radical (unpaired) electrons. The molecular formula is C18H16F2N2O2. The molecule has 2 amide bonds. The molecule has 1 saturated heterocycles. The van der Waals surface area contributed by atoms with Gasteiger partial charge in [0.2, 0.25) is 11.8 Å². The van der Waals surface area contributed by atoms with Gasteiger partial charge in [0.15, 0.2) is 0 Å². The van der Waals surface area contributed by atoms with E-state index < -0.39 is 17.6 Å². The second-order valence-corrected chi connectivity index (χ2v) is 5.81. The van der Waals surface area contributed by atoms with Gasteiger partial charge >= 0.3 is 0 Å². The molecule has 4 nitrogen and oxygen atoms in total. The summed E-state index contributed by atoms with van der Waals surface area (Å²) in [6, 6.07) is 10.1. The molecule has 6 heteroatoms. The summed E-state index contributed by atoms with van der Waals surface area (Å²) in [5.74, 6) is -2.26. The number of anilines is 2. The summed E-state index contributed by atoms with van der Waals surface area (Å²) in [5, 5.41) is 2.65. The number of carbonyl (C=O) groups is 2. The van der Waals surface area contributed by atoms with E-state index >= 15 is 0 Å². The van der Waals surface area contributed by atoms with Gasteiger partial charge in [0.25, 0.3) is 0 Å². The van der Waals surface area contributed by atoms with E-state index in [0.29, 0.717) is 5.69 Å². The minimum absolute atomic E-state index is 0.00543. The van der Waals surface area contributed by atoms with Gasteiger partial charge in [0.05, 0.1) is 11.6 Å². The predicted octanol–water partition coefficient (Wildman–Crippen LogP) is 3.26. The first-order valence-corrected chi connectivity index (χ1v) is 7.57. The number of benzene rings is 2. The Kier molecular flexibility index (Phi) is 4.29. The Morgan fingerprint density at radius 2 is 1.96 bits per heavy atom. The van der Waals surface area contributed by atoms with Crippen LogP contribution in [0, 0.1) is 24.5 Å². The number of aryl methyl sites for hydroxylation is 1. The van der Waals surface area contributed by atoms with E-state index in [-0.39, 0.29) is 30.5 Å². The minimum Gasteiger partial charge on any atom is -0.325 e. The van der Waals surface area contributed by atoms with E-state index in [1.807, 2.05) is 0 Å². The monoisotopic (exact) mass is 330 g/mol. The number of hydrogen-bond donors (Lipinski definition) is 1. The minimum atomic E-state index is -0.611. The Bertz CT molecular complexity index is 807. The van der Waals surface area contributed by atoms with E-state index in [1.165, 1.54) is 35.2 Å². The van der Waals surface area contributed by atoms with Gasteiger partial charge in [-0.15, -0.1) is 0 Å². The molecule has 0 bridgehead atoms. The average molecular weight is 330 g/mol. The van der Waals surface area contributed by atoms with Crippen LogP contribution in [-0.4, -0.2) is 18.4 Å².